The van der Waals surface area contributed by atoms with Gasteiger partial charge in [0.1, 0.15) is 12.4 Å². The first-order valence-corrected chi connectivity index (χ1v) is 14.6. The SMILES string of the molecule is C#CCOc1c(Cl)cc(/C=c2\sc3n(c2=O)[C@H](c2ccc(OCC)cc2)C(C(=O)Nc2ccccc2)=C(C)N=3)cc1OC. The van der Waals surface area contributed by atoms with Crippen molar-refractivity contribution in [3.8, 4) is 29.6 Å². The van der Waals surface area contributed by atoms with Gasteiger partial charge in [0, 0.05) is 5.69 Å². The Balaban J connectivity index is 1.64. The summed E-state index contributed by atoms with van der Waals surface area (Å²) < 4.78 is 18.6. The van der Waals surface area contributed by atoms with Crippen molar-refractivity contribution in [2.24, 2.45) is 4.99 Å². The minimum Gasteiger partial charge on any atom is -0.494 e. The van der Waals surface area contributed by atoms with Crippen molar-refractivity contribution in [1.29, 1.82) is 0 Å². The van der Waals surface area contributed by atoms with Crippen LogP contribution >= 0.6 is 22.9 Å². The molecule has 10 heteroatoms. The number of thiazole rings is 1. The van der Waals surface area contributed by atoms with E-state index in [0.29, 0.717) is 55.7 Å². The van der Waals surface area contributed by atoms with E-state index in [1.807, 2.05) is 49.4 Å². The van der Waals surface area contributed by atoms with Crippen molar-refractivity contribution in [2.45, 2.75) is 19.9 Å². The number of carbonyl (C=O) groups is 1. The molecule has 0 unspecified atom stereocenters. The third-order valence-electron chi connectivity index (χ3n) is 6.65. The fourth-order valence-electron chi connectivity index (χ4n) is 4.79. The van der Waals surface area contributed by atoms with Gasteiger partial charge in [0.15, 0.2) is 16.3 Å². The molecule has 0 saturated carbocycles. The van der Waals surface area contributed by atoms with Crippen LogP contribution in [0.3, 0.4) is 0 Å². The summed E-state index contributed by atoms with van der Waals surface area (Å²) in [6, 6.07) is 19.2. The van der Waals surface area contributed by atoms with Gasteiger partial charge >= 0.3 is 0 Å². The lowest BCUT2D eigenvalue weighted by molar-refractivity contribution is -0.113. The molecule has 0 bridgehead atoms. The molecule has 3 aromatic carbocycles. The number of aromatic nitrogens is 1. The van der Waals surface area contributed by atoms with Crippen molar-refractivity contribution in [2.75, 3.05) is 25.6 Å². The molecule has 43 heavy (non-hydrogen) atoms. The second-order valence-electron chi connectivity index (χ2n) is 9.43. The first-order valence-electron chi connectivity index (χ1n) is 13.4. The van der Waals surface area contributed by atoms with Gasteiger partial charge in [0.2, 0.25) is 0 Å². The minimum atomic E-state index is -0.726. The number of anilines is 1. The van der Waals surface area contributed by atoms with Gasteiger partial charge in [0.25, 0.3) is 11.5 Å². The number of allylic oxidation sites excluding steroid dienone is 1. The third kappa shape index (κ3) is 6.21. The van der Waals surface area contributed by atoms with Crippen LogP contribution in [0.5, 0.6) is 17.2 Å². The molecule has 1 N–H and O–H groups in total. The number of terminal acetylenes is 1. The van der Waals surface area contributed by atoms with E-state index in [9.17, 15) is 9.59 Å². The van der Waals surface area contributed by atoms with E-state index in [4.69, 9.17) is 37.2 Å². The molecule has 4 aromatic rings. The van der Waals surface area contributed by atoms with Crippen LogP contribution in [-0.2, 0) is 4.79 Å². The molecule has 1 amide bonds. The molecule has 1 aromatic heterocycles. The van der Waals surface area contributed by atoms with E-state index in [-0.39, 0.29) is 23.1 Å². The van der Waals surface area contributed by atoms with Crippen LogP contribution in [-0.4, -0.2) is 30.8 Å². The third-order valence-corrected chi connectivity index (χ3v) is 7.92. The van der Waals surface area contributed by atoms with E-state index in [1.54, 1.807) is 41.8 Å². The van der Waals surface area contributed by atoms with Crippen molar-refractivity contribution in [1.82, 2.24) is 4.57 Å². The summed E-state index contributed by atoms with van der Waals surface area (Å²) in [4.78, 5) is 33.0. The fraction of sp³-hybridized carbons (Fsp3) is 0.182. The molecule has 5 rings (SSSR count). The number of benzene rings is 3. The summed E-state index contributed by atoms with van der Waals surface area (Å²) in [7, 11) is 1.49. The van der Waals surface area contributed by atoms with Gasteiger partial charge in [-0.25, -0.2) is 4.99 Å². The Morgan fingerprint density at radius 1 is 1.16 bits per heavy atom. The van der Waals surface area contributed by atoms with Gasteiger partial charge in [0.05, 0.1) is 40.6 Å². The smallest absolute Gasteiger partial charge is 0.271 e. The molecule has 0 spiro atoms. The number of carbonyl (C=O) groups excluding carboxylic acids is 1. The van der Waals surface area contributed by atoms with E-state index < -0.39 is 6.04 Å². The average Bonchev–Trinajstić information content (AvgIpc) is 3.30. The van der Waals surface area contributed by atoms with Crippen LogP contribution in [0.4, 0.5) is 5.69 Å². The monoisotopic (exact) mass is 613 g/mol. The molecule has 218 valence electrons. The fourth-order valence-corrected chi connectivity index (χ4v) is 6.11. The normalized spacial score (nSPS) is 14.4. The van der Waals surface area contributed by atoms with Crippen LogP contribution < -0.4 is 34.4 Å². The molecule has 0 fully saturated rings. The molecule has 0 aliphatic carbocycles. The molecule has 8 nitrogen and oxygen atoms in total. The number of amides is 1. The lowest BCUT2D eigenvalue weighted by Crippen LogP contribution is -2.40. The number of rotatable bonds is 9. The van der Waals surface area contributed by atoms with Crippen LogP contribution in [0.2, 0.25) is 5.02 Å². The van der Waals surface area contributed by atoms with Gasteiger partial charge in [-0.3, -0.25) is 14.2 Å². The highest BCUT2D eigenvalue weighted by Gasteiger charge is 2.32. The van der Waals surface area contributed by atoms with Crippen LogP contribution in [0.1, 0.15) is 31.0 Å². The van der Waals surface area contributed by atoms with Crippen molar-refractivity contribution >= 4 is 40.6 Å². The summed E-state index contributed by atoms with van der Waals surface area (Å²) in [6.07, 6.45) is 7.03. The van der Waals surface area contributed by atoms with Gasteiger partial charge in [-0.05, 0) is 67.4 Å². The Kier molecular flexibility index (Phi) is 9.00. The quantitative estimate of drug-likeness (QED) is 0.270. The number of ether oxygens (including phenoxy) is 3. The highest BCUT2D eigenvalue weighted by Crippen LogP contribution is 2.37. The molecule has 1 atom stereocenters. The van der Waals surface area contributed by atoms with E-state index in [2.05, 4.69) is 11.2 Å². The second kappa shape index (κ2) is 13.0. The number of hydrogen-bond acceptors (Lipinski definition) is 7. The Hall–Kier alpha value is -4.78. The molecule has 1 aliphatic heterocycles. The number of hydrogen-bond donors (Lipinski definition) is 1. The minimum absolute atomic E-state index is 0.0269. The van der Waals surface area contributed by atoms with E-state index in [0.717, 1.165) is 5.56 Å². The predicted octanol–water partition coefficient (Wildman–Crippen LogP) is 4.95. The average molecular weight is 614 g/mol. The van der Waals surface area contributed by atoms with Gasteiger partial charge in [-0.1, -0.05) is 59.2 Å². The lowest BCUT2D eigenvalue weighted by atomic mass is 9.95. The van der Waals surface area contributed by atoms with Gasteiger partial charge < -0.3 is 19.5 Å². The number of para-hydroxylation sites is 1. The highest BCUT2D eigenvalue weighted by atomic mass is 35.5. The largest absolute Gasteiger partial charge is 0.494 e. The maximum absolute atomic E-state index is 14.0. The maximum atomic E-state index is 14.0. The van der Waals surface area contributed by atoms with Crippen LogP contribution in [0.25, 0.3) is 6.08 Å². The van der Waals surface area contributed by atoms with E-state index >= 15 is 0 Å². The first kappa shape index (κ1) is 29.7. The Morgan fingerprint density at radius 2 is 1.91 bits per heavy atom. The zero-order chi connectivity index (χ0) is 30.5. The van der Waals surface area contributed by atoms with Gasteiger partial charge in [-0.15, -0.1) is 6.42 Å². The zero-order valence-electron chi connectivity index (χ0n) is 23.7. The number of nitrogens with zero attached hydrogens (tertiary/aromatic N) is 2. The lowest BCUT2D eigenvalue weighted by Gasteiger charge is -2.25. The molecule has 0 radical (unpaired) electrons. The Morgan fingerprint density at radius 3 is 2.58 bits per heavy atom. The summed E-state index contributed by atoms with van der Waals surface area (Å²) in [6.45, 7) is 4.23. The summed E-state index contributed by atoms with van der Waals surface area (Å²) in [5.41, 5.74) is 2.57. The number of halogens is 1. The molecular formula is C33H28ClN3O5S. The maximum Gasteiger partial charge on any atom is 0.271 e. The molecule has 0 saturated heterocycles. The van der Waals surface area contributed by atoms with Gasteiger partial charge in [-0.2, -0.15) is 0 Å². The summed E-state index contributed by atoms with van der Waals surface area (Å²) >= 11 is 7.70. The Bertz CT molecular complexity index is 1920. The van der Waals surface area contributed by atoms with Crippen molar-refractivity contribution in [3.05, 3.63) is 114 Å². The topological polar surface area (TPSA) is 91.2 Å². The number of nitrogens with one attached hydrogen (secondary N) is 1. The summed E-state index contributed by atoms with van der Waals surface area (Å²) in [5, 5.41) is 3.24. The van der Waals surface area contributed by atoms with E-state index in [1.165, 1.54) is 18.4 Å². The van der Waals surface area contributed by atoms with Crippen molar-refractivity contribution in [3.63, 3.8) is 0 Å². The van der Waals surface area contributed by atoms with Crippen molar-refractivity contribution < 1.29 is 19.0 Å². The predicted molar refractivity (Wildman–Crippen MR) is 169 cm³/mol. The highest BCUT2D eigenvalue weighted by molar-refractivity contribution is 7.07. The standard InChI is InChI=1S/C33H28ClN3O5S/c1-5-16-42-30-25(34)17-21(18-26(30)40-4)19-27-32(39)37-29(22-12-14-24(15-13-22)41-6-2)28(20(3)35-33(37)43-27)31(38)36-23-10-8-7-9-11-23/h1,7-15,17-19,29H,6,16H2,2-4H3,(H,36,38)/b27-19-/t29-/m1/s1. The Labute approximate surface area is 257 Å². The zero-order valence-corrected chi connectivity index (χ0v) is 25.3. The molecular weight excluding hydrogens is 586 g/mol. The second-order valence-corrected chi connectivity index (χ2v) is 10.8. The number of methoxy groups -OCH3 is 1. The first-order chi connectivity index (χ1) is 20.8. The molecule has 1 aliphatic rings. The van der Waals surface area contributed by atoms with Crippen LogP contribution in [0, 0.1) is 12.3 Å². The summed E-state index contributed by atoms with van der Waals surface area (Å²) in [5.74, 6) is 3.45. The molecule has 2 heterocycles. The van der Waals surface area contributed by atoms with Crippen LogP contribution in [0.15, 0.2) is 87.8 Å². The number of fused-ring (bicyclic) bond motifs is 1.